The Morgan fingerprint density at radius 1 is 0.682 bits per heavy atom. The Balaban J connectivity index is 3.43. The van der Waals surface area contributed by atoms with Crippen molar-refractivity contribution in [3.63, 3.8) is 0 Å². The van der Waals surface area contributed by atoms with E-state index in [9.17, 15) is 0 Å². The van der Waals surface area contributed by atoms with Gasteiger partial charge >= 0.3 is 0 Å². The molecule has 1 unspecified atom stereocenters. The molecule has 134 valence electrons. The summed E-state index contributed by atoms with van der Waals surface area (Å²) in [6, 6.07) is 0.751. The molecule has 3 nitrogen and oxygen atoms in total. The molecule has 0 aliphatic heterocycles. The van der Waals surface area contributed by atoms with Gasteiger partial charge in [-0.3, -0.25) is 0 Å². The molecule has 22 heavy (non-hydrogen) atoms. The lowest BCUT2D eigenvalue weighted by molar-refractivity contribution is 0.419. The molecule has 0 rings (SSSR count). The van der Waals surface area contributed by atoms with E-state index in [4.69, 9.17) is 5.73 Å². The van der Waals surface area contributed by atoms with Crippen LogP contribution in [0.25, 0.3) is 0 Å². The molecule has 4 N–H and O–H groups in total. The van der Waals surface area contributed by atoms with Crippen molar-refractivity contribution in [2.45, 2.75) is 96.9 Å². The molecule has 0 aliphatic rings. The van der Waals surface area contributed by atoms with E-state index in [-0.39, 0.29) is 0 Å². The molecular weight excluding hydrogens is 270 g/mol. The average Bonchev–Trinajstić information content (AvgIpc) is 2.53. The summed E-state index contributed by atoms with van der Waals surface area (Å²) in [4.78, 5) is 0. The van der Waals surface area contributed by atoms with Gasteiger partial charge in [-0.05, 0) is 58.3 Å². The molecule has 0 amide bonds. The van der Waals surface area contributed by atoms with Gasteiger partial charge in [0.25, 0.3) is 0 Å². The van der Waals surface area contributed by atoms with E-state index in [2.05, 4.69) is 24.5 Å². The highest BCUT2D eigenvalue weighted by atomic mass is 14.9. The fourth-order valence-corrected chi connectivity index (χ4v) is 2.90. The zero-order chi connectivity index (χ0) is 16.3. The van der Waals surface area contributed by atoms with Crippen LogP contribution in [-0.4, -0.2) is 32.2 Å². The predicted octanol–water partition coefficient (Wildman–Crippen LogP) is 4.21. The van der Waals surface area contributed by atoms with Crippen LogP contribution in [0, 0.1) is 0 Å². The van der Waals surface area contributed by atoms with Crippen molar-refractivity contribution in [1.29, 1.82) is 0 Å². The van der Waals surface area contributed by atoms with E-state index in [0.29, 0.717) is 0 Å². The summed E-state index contributed by atoms with van der Waals surface area (Å²) in [5.41, 5.74) is 5.48. The van der Waals surface area contributed by atoms with Gasteiger partial charge in [-0.2, -0.15) is 0 Å². The maximum absolute atomic E-state index is 5.48. The third-order valence-electron chi connectivity index (χ3n) is 4.31. The van der Waals surface area contributed by atoms with E-state index in [1.54, 1.807) is 0 Å². The molecule has 0 fully saturated rings. The second-order valence-corrected chi connectivity index (χ2v) is 6.60. The van der Waals surface area contributed by atoms with Crippen LogP contribution in [0.4, 0.5) is 0 Å². The molecule has 0 aromatic rings. The highest BCUT2D eigenvalue weighted by molar-refractivity contribution is 4.67. The van der Waals surface area contributed by atoms with Crippen LogP contribution in [0.2, 0.25) is 0 Å². The lowest BCUT2D eigenvalue weighted by Crippen LogP contribution is -2.30. The van der Waals surface area contributed by atoms with Crippen LogP contribution in [-0.2, 0) is 0 Å². The zero-order valence-electron chi connectivity index (χ0n) is 15.5. The first-order valence-electron chi connectivity index (χ1n) is 9.99. The number of hydrogen-bond acceptors (Lipinski definition) is 3. The smallest absolute Gasteiger partial charge is 0.00669 e. The second-order valence-electron chi connectivity index (χ2n) is 6.60. The molecular formula is C19H43N3. The lowest BCUT2D eigenvalue weighted by Gasteiger charge is -2.18. The summed E-state index contributed by atoms with van der Waals surface area (Å²) < 4.78 is 0. The molecule has 0 aliphatic carbocycles. The van der Waals surface area contributed by atoms with Gasteiger partial charge in [-0.15, -0.1) is 0 Å². The molecule has 0 heterocycles. The van der Waals surface area contributed by atoms with Crippen molar-refractivity contribution in [3.05, 3.63) is 0 Å². The Morgan fingerprint density at radius 3 is 2.09 bits per heavy atom. The van der Waals surface area contributed by atoms with Gasteiger partial charge in [0, 0.05) is 6.04 Å². The lowest BCUT2D eigenvalue weighted by atomic mass is 10.0. The highest BCUT2D eigenvalue weighted by Gasteiger charge is 2.06. The topological polar surface area (TPSA) is 50.1 Å². The zero-order valence-corrected chi connectivity index (χ0v) is 15.5. The van der Waals surface area contributed by atoms with E-state index >= 15 is 0 Å². The minimum Gasteiger partial charge on any atom is -0.330 e. The standard InChI is InChI=1S/C19H43N3/c1-3-5-6-7-8-9-14-19(13-4-2)22-18-11-10-16-21-17-12-15-20/h19,21-22H,3-18,20H2,1-2H3. The largest absolute Gasteiger partial charge is 0.330 e. The number of hydrogen-bond donors (Lipinski definition) is 3. The summed E-state index contributed by atoms with van der Waals surface area (Å²) in [5, 5.41) is 7.23. The first kappa shape index (κ1) is 21.9. The van der Waals surface area contributed by atoms with E-state index < -0.39 is 0 Å². The second kappa shape index (κ2) is 18.9. The van der Waals surface area contributed by atoms with Gasteiger partial charge in [0.15, 0.2) is 0 Å². The Kier molecular flexibility index (Phi) is 18.8. The normalized spacial score (nSPS) is 12.7. The van der Waals surface area contributed by atoms with Gasteiger partial charge in [0.2, 0.25) is 0 Å². The number of unbranched alkanes of at least 4 members (excludes halogenated alkanes) is 6. The highest BCUT2D eigenvalue weighted by Crippen LogP contribution is 2.11. The summed E-state index contributed by atoms with van der Waals surface area (Å²) in [6.45, 7) is 8.77. The van der Waals surface area contributed by atoms with Crippen molar-refractivity contribution in [2.24, 2.45) is 5.73 Å². The number of rotatable bonds is 18. The van der Waals surface area contributed by atoms with Gasteiger partial charge < -0.3 is 16.4 Å². The van der Waals surface area contributed by atoms with E-state index in [1.807, 2.05) is 0 Å². The Hall–Kier alpha value is -0.120. The molecule has 0 aromatic carbocycles. The molecule has 0 spiro atoms. The van der Waals surface area contributed by atoms with Crippen molar-refractivity contribution in [2.75, 3.05) is 26.2 Å². The maximum Gasteiger partial charge on any atom is 0.00669 e. The van der Waals surface area contributed by atoms with Crippen molar-refractivity contribution in [3.8, 4) is 0 Å². The number of nitrogens with two attached hydrogens (primary N) is 1. The number of nitrogens with one attached hydrogen (secondary N) is 2. The molecule has 0 radical (unpaired) electrons. The van der Waals surface area contributed by atoms with Crippen LogP contribution in [0.15, 0.2) is 0 Å². The maximum atomic E-state index is 5.48. The minimum atomic E-state index is 0.751. The molecule has 0 saturated heterocycles. The Labute approximate surface area is 140 Å². The van der Waals surface area contributed by atoms with Crippen LogP contribution in [0.3, 0.4) is 0 Å². The monoisotopic (exact) mass is 313 g/mol. The summed E-state index contributed by atoms with van der Waals surface area (Å²) >= 11 is 0. The quantitative estimate of drug-likeness (QED) is 0.332. The van der Waals surface area contributed by atoms with Gasteiger partial charge in [0.05, 0.1) is 0 Å². The van der Waals surface area contributed by atoms with Crippen LogP contribution in [0.5, 0.6) is 0 Å². The Bertz CT molecular complexity index is 197. The van der Waals surface area contributed by atoms with Gasteiger partial charge in [0.1, 0.15) is 0 Å². The van der Waals surface area contributed by atoms with Crippen LogP contribution < -0.4 is 16.4 Å². The van der Waals surface area contributed by atoms with E-state index in [0.717, 1.165) is 32.1 Å². The van der Waals surface area contributed by atoms with Gasteiger partial charge in [-0.1, -0.05) is 58.8 Å². The predicted molar refractivity (Wildman–Crippen MR) is 100 cm³/mol. The molecule has 0 aromatic heterocycles. The SMILES string of the molecule is CCCCCCCCC(CCC)NCCCCNCCCN. The van der Waals surface area contributed by atoms with E-state index in [1.165, 1.54) is 77.2 Å². The molecule has 0 bridgehead atoms. The van der Waals surface area contributed by atoms with Crippen molar-refractivity contribution < 1.29 is 0 Å². The summed E-state index contributed by atoms with van der Waals surface area (Å²) in [6.07, 6.45) is 16.1. The first-order valence-corrected chi connectivity index (χ1v) is 9.99. The molecule has 3 heteroatoms. The van der Waals surface area contributed by atoms with Gasteiger partial charge in [-0.25, -0.2) is 0 Å². The van der Waals surface area contributed by atoms with Crippen LogP contribution in [0.1, 0.15) is 90.9 Å². The van der Waals surface area contributed by atoms with Crippen molar-refractivity contribution in [1.82, 2.24) is 10.6 Å². The minimum absolute atomic E-state index is 0.751. The molecule has 1 atom stereocenters. The third-order valence-corrected chi connectivity index (χ3v) is 4.31. The molecule has 0 saturated carbocycles. The third kappa shape index (κ3) is 16.3. The first-order chi connectivity index (χ1) is 10.8. The summed E-state index contributed by atoms with van der Waals surface area (Å²) in [7, 11) is 0. The fourth-order valence-electron chi connectivity index (χ4n) is 2.90. The Morgan fingerprint density at radius 2 is 1.36 bits per heavy atom. The fraction of sp³-hybridized carbons (Fsp3) is 1.00. The summed E-state index contributed by atoms with van der Waals surface area (Å²) in [5.74, 6) is 0. The van der Waals surface area contributed by atoms with Crippen LogP contribution >= 0.6 is 0 Å². The average molecular weight is 314 g/mol. The van der Waals surface area contributed by atoms with Crippen molar-refractivity contribution >= 4 is 0 Å².